The van der Waals surface area contributed by atoms with Crippen LogP contribution < -0.4 is 5.48 Å². The van der Waals surface area contributed by atoms with Crippen LogP contribution in [0, 0.1) is 0 Å². The summed E-state index contributed by atoms with van der Waals surface area (Å²) in [4.78, 5) is 5.43. The van der Waals surface area contributed by atoms with Crippen molar-refractivity contribution in [3.63, 3.8) is 0 Å². The van der Waals surface area contributed by atoms with E-state index in [1.54, 1.807) is 0 Å². The van der Waals surface area contributed by atoms with Crippen LogP contribution in [0.2, 0.25) is 0 Å². The Morgan fingerprint density at radius 3 is 1.43 bits per heavy atom. The number of hydroxylamine groups is 1. The molecular weight excluding hydrogens is 530 g/mol. The third kappa shape index (κ3) is 7.70. The van der Waals surface area contributed by atoms with E-state index < -0.39 is 30.0 Å². The zero-order chi connectivity index (χ0) is 29.0. The Labute approximate surface area is 247 Å². The molecule has 0 amide bonds. The fourth-order valence-corrected chi connectivity index (χ4v) is 5.39. The van der Waals surface area contributed by atoms with Gasteiger partial charge in [-0.3, -0.25) is 0 Å². The maximum absolute atomic E-state index is 12.5. The number of ether oxygens (including phenoxy) is 4. The van der Waals surface area contributed by atoms with Gasteiger partial charge in [0.25, 0.3) is 0 Å². The molecule has 7 heteroatoms. The molecule has 5 rings (SSSR count). The summed E-state index contributed by atoms with van der Waals surface area (Å²) in [5.74, 6) is 0. The van der Waals surface area contributed by atoms with Gasteiger partial charge in [-0.05, 0) is 22.3 Å². The molecule has 0 bridgehead atoms. The van der Waals surface area contributed by atoms with E-state index in [1.165, 1.54) is 7.11 Å². The SMILES string of the molecule is CON[C@H]1[C@H](OCc2ccccc2)[C@@H](OCc2ccccc2)[C@H](OCc2ccccc2)[C@]1(O)COCc1ccccc1. The summed E-state index contributed by atoms with van der Waals surface area (Å²) >= 11 is 0. The van der Waals surface area contributed by atoms with Crippen molar-refractivity contribution in [2.75, 3.05) is 13.7 Å². The average molecular weight is 570 g/mol. The van der Waals surface area contributed by atoms with E-state index >= 15 is 0 Å². The first kappa shape index (κ1) is 30.1. The van der Waals surface area contributed by atoms with Crippen LogP contribution in [0.15, 0.2) is 121 Å². The lowest BCUT2D eigenvalue weighted by molar-refractivity contribution is -0.180. The van der Waals surface area contributed by atoms with Crippen molar-refractivity contribution < 1.29 is 28.9 Å². The van der Waals surface area contributed by atoms with Gasteiger partial charge in [0.15, 0.2) is 0 Å². The number of nitrogens with one attached hydrogen (secondary N) is 1. The molecule has 1 fully saturated rings. The highest BCUT2D eigenvalue weighted by atomic mass is 16.6. The molecule has 42 heavy (non-hydrogen) atoms. The van der Waals surface area contributed by atoms with Crippen molar-refractivity contribution in [3.05, 3.63) is 144 Å². The molecule has 1 aliphatic rings. The third-order valence-electron chi connectivity index (χ3n) is 7.51. The zero-order valence-corrected chi connectivity index (χ0v) is 23.9. The van der Waals surface area contributed by atoms with E-state index in [0.29, 0.717) is 19.8 Å². The van der Waals surface area contributed by atoms with Crippen molar-refractivity contribution in [1.82, 2.24) is 5.48 Å². The molecule has 4 aromatic carbocycles. The normalized spacial score (nSPS) is 23.7. The minimum atomic E-state index is -1.55. The summed E-state index contributed by atoms with van der Waals surface area (Å²) in [6, 6.07) is 38.9. The van der Waals surface area contributed by atoms with Gasteiger partial charge in [0, 0.05) is 0 Å². The first-order valence-corrected chi connectivity index (χ1v) is 14.3. The van der Waals surface area contributed by atoms with Crippen LogP contribution in [0.4, 0.5) is 0 Å². The van der Waals surface area contributed by atoms with Gasteiger partial charge >= 0.3 is 0 Å². The van der Waals surface area contributed by atoms with Crippen LogP contribution in [0.25, 0.3) is 0 Å². The molecule has 4 aromatic rings. The fourth-order valence-electron chi connectivity index (χ4n) is 5.39. The molecule has 0 aromatic heterocycles. The van der Waals surface area contributed by atoms with Crippen molar-refractivity contribution in [2.24, 2.45) is 0 Å². The van der Waals surface area contributed by atoms with Crippen molar-refractivity contribution in [3.8, 4) is 0 Å². The molecule has 7 nitrogen and oxygen atoms in total. The smallest absolute Gasteiger partial charge is 0.137 e. The lowest BCUT2D eigenvalue weighted by Crippen LogP contribution is -2.58. The van der Waals surface area contributed by atoms with Crippen molar-refractivity contribution in [1.29, 1.82) is 0 Å². The lowest BCUT2D eigenvalue weighted by Gasteiger charge is -2.35. The predicted octanol–water partition coefficient (Wildman–Crippen LogP) is 5.22. The second-order valence-corrected chi connectivity index (χ2v) is 10.5. The molecule has 0 saturated heterocycles. The minimum absolute atomic E-state index is 0.0290. The number of benzene rings is 4. The summed E-state index contributed by atoms with van der Waals surface area (Å²) in [5, 5.41) is 12.5. The summed E-state index contributed by atoms with van der Waals surface area (Å²) in [7, 11) is 1.53. The zero-order valence-electron chi connectivity index (χ0n) is 23.9. The first-order chi connectivity index (χ1) is 20.7. The molecule has 0 heterocycles. The van der Waals surface area contributed by atoms with Crippen LogP contribution >= 0.6 is 0 Å². The van der Waals surface area contributed by atoms with Crippen LogP contribution in [-0.2, 0) is 50.2 Å². The van der Waals surface area contributed by atoms with Crippen molar-refractivity contribution >= 4 is 0 Å². The Morgan fingerprint density at radius 2 is 0.976 bits per heavy atom. The molecule has 220 valence electrons. The Balaban J connectivity index is 1.45. The first-order valence-electron chi connectivity index (χ1n) is 14.3. The maximum Gasteiger partial charge on any atom is 0.137 e. The number of aliphatic hydroxyl groups is 1. The standard InChI is InChI=1S/C35H39NO6/c1-38-36-33-31(40-23-28-16-8-3-9-17-28)32(41-24-29-18-10-4-11-19-29)34(42-25-30-20-12-5-13-21-30)35(33,37)26-39-22-27-14-6-2-7-15-27/h2-21,31-34,36-37H,22-26H2,1H3/t31-,32-,33+,34+,35+/m1/s1. The van der Waals surface area contributed by atoms with E-state index in [4.69, 9.17) is 23.8 Å². The predicted molar refractivity (Wildman–Crippen MR) is 160 cm³/mol. The maximum atomic E-state index is 12.5. The molecule has 0 spiro atoms. The molecule has 0 aliphatic heterocycles. The van der Waals surface area contributed by atoms with Crippen LogP contribution in [-0.4, -0.2) is 48.8 Å². The van der Waals surface area contributed by atoms with E-state index in [-0.39, 0.29) is 13.2 Å². The van der Waals surface area contributed by atoms with Gasteiger partial charge in [0.2, 0.25) is 0 Å². The van der Waals surface area contributed by atoms with Gasteiger partial charge in [-0.25, -0.2) is 0 Å². The summed E-state index contributed by atoms with van der Waals surface area (Å²) in [6.07, 6.45) is -2.07. The van der Waals surface area contributed by atoms with Crippen LogP contribution in [0.1, 0.15) is 22.3 Å². The minimum Gasteiger partial charge on any atom is -0.383 e. The molecule has 1 saturated carbocycles. The third-order valence-corrected chi connectivity index (χ3v) is 7.51. The quantitative estimate of drug-likeness (QED) is 0.190. The van der Waals surface area contributed by atoms with E-state index in [0.717, 1.165) is 22.3 Å². The topological polar surface area (TPSA) is 78.4 Å². The largest absolute Gasteiger partial charge is 0.383 e. The highest BCUT2D eigenvalue weighted by Gasteiger charge is 2.62. The summed E-state index contributed by atoms with van der Waals surface area (Å²) in [5.41, 5.74) is 5.46. The molecule has 2 N–H and O–H groups in total. The van der Waals surface area contributed by atoms with Gasteiger partial charge in [-0.15, -0.1) is 0 Å². The molecular formula is C35H39NO6. The number of hydrogen-bond donors (Lipinski definition) is 2. The molecule has 1 aliphatic carbocycles. The number of hydrogen-bond acceptors (Lipinski definition) is 7. The molecule has 0 radical (unpaired) electrons. The lowest BCUT2D eigenvalue weighted by atomic mass is 9.96. The Bertz CT molecular complexity index is 1310. The molecule has 0 unspecified atom stereocenters. The second-order valence-electron chi connectivity index (χ2n) is 10.5. The molecule has 5 atom stereocenters. The Hall–Kier alpha value is -3.40. The highest BCUT2D eigenvalue weighted by Crippen LogP contribution is 2.39. The van der Waals surface area contributed by atoms with E-state index in [1.807, 2.05) is 121 Å². The van der Waals surface area contributed by atoms with Gasteiger partial charge in [-0.2, -0.15) is 5.48 Å². The van der Waals surface area contributed by atoms with Gasteiger partial charge in [0.05, 0.1) is 46.2 Å². The average Bonchev–Trinajstić information content (AvgIpc) is 3.26. The van der Waals surface area contributed by atoms with Crippen LogP contribution in [0.5, 0.6) is 0 Å². The highest BCUT2D eigenvalue weighted by molar-refractivity contribution is 5.20. The monoisotopic (exact) mass is 569 g/mol. The summed E-state index contributed by atoms with van der Waals surface area (Å²) < 4.78 is 25.8. The second kappa shape index (κ2) is 15.2. The van der Waals surface area contributed by atoms with Gasteiger partial charge < -0.3 is 28.9 Å². The van der Waals surface area contributed by atoms with E-state index in [2.05, 4.69) is 5.48 Å². The van der Waals surface area contributed by atoms with Crippen molar-refractivity contribution in [2.45, 2.75) is 56.4 Å². The number of rotatable bonds is 15. The summed E-state index contributed by atoms with van der Waals surface area (Å²) in [6.45, 7) is 1.23. The Morgan fingerprint density at radius 1 is 0.571 bits per heavy atom. The van der Waals surface area contributed by atoms with Crippen LogP contribution in [0.3, 0.4) is 0 Å². The van der Waals surface area contributed by atoms with Gasteiger partial charge in [0.1, 0.15) is 23.9 Å². The van der Waals surface area contributed by atoms with Gasteiger partial charge in [-0.1, -0.05) is 121 Å². The van der Waals surface area contributed by atoms with E-state index in [9.17, 15) is 5.11 Å². The Kier molecular flexibility index (Phi) is 10.9. The fraction of sp³-hybridized carbons (Fsp3) is 0.314.